The highest BCUT2D eigenvalue weighted by Crippen LogP contribution is 2.35. The summed E-state index contributed by atoms with van der Waals surface area (Å²) in [4.78, 5) is 45.4. The topological polar surface area (TPSA) is 137 Å². The van der Waals surface area contributed by atoms with Gasteiger partial charge in [0.05, 0.1) is 26.8 Å². The lowest BCUT2D eigenvalue weighted by atomic mass is 9.95. The Hall–Kier alpha value is -5.63. The van der Waals surface area contributed by atoms with Crippen molar-refractivity contribution in [2.24, 2.45) is 4.99 Å². The van der Waals surface area contributed by atoms with Crippen LogP contribution in [0.3, 0.4) is 0 Å². The van der Waals surface area contributed by atoms with E-state index in [9.17, 15) is 19.7 Å². The van der Waals surface area contributed by atoms with Crippen LogP contribution in [-0.4, -0.2) is 30.2 Å². The highest BCUT2D eigenvalue weighted by Gasteiger charge is 2.32. The second-order valence-electron chi connectivity index (χ2n) is 11.5. The highest BCUT2D eigenvalue weighted by molar-refractivity contribution is 7.99. The molecule has 0 saturated carbocycles. The van der Waals surface area contributed by atoms with E-state index in [2.05, 4.69) is 15.5 Å². The molecule has 0 aliphatic carbocycles. The van der Waals surface area contributed by atoms with Crippen LogP contribution in [0.4, 0.5) is 11.4 Å². The molecule has 1 aliphatic rings. The van der Waals surface area contributed by atoms with E-state index < -0.39 is 11.0 Å². The van der Waals surface area contributed by atoms with Gasteiger partial charge in [0, 0.05) is 39.8 Å². The van der Waals surface area contributed by atoms with Crippen LogP contribution in [0.25, 0.3) is 17.5 Å². The SMILES string of the molecule is CCn1c(Sc2ccc([N+](=O)[O-])cc2/C=c2/sc3n(c2=O)[C@@H](c2ccccc2)C(C(=O)Nc2ccccc2)=C(C)N=3)nnc1-c1cccc(Cl)c1. The number of halogens is 1. The van der Waals surface area contributed by atoms with E-state index >= 15 is 0 Å². The fourth-order valence-corrected chi connectivity index (χ4v) is 8.07. The Labute approximate surface area is 304 Å². The zero-order chi connectivity index (χ0) is 35.6. The number of non-ortho nitro benzene ring substituents is 1. The first-order valence-corrected chi connectivity index (χ1v) is 17.8. The number of hydrogen-bond acceptors (Lipinski definition) is 9. The summed E-state index contributed by atoms with van der Waals surface area (Å²) in [5, 5.41) is 24.8. The Morgan fingerprint density at radius 3 is 2.47 bits per heavy atom. The molecule has 1 amide bonds. The molecule has 0 bridgehead atoms. The lowest BCUT2D eigenvalue weighted by Crippen LogP contribution is -2.40. The standard InChI is InChI=1S/C37H28ClN7O4S2/c1-3-43-33(24-13-10-14-26(38)19-24)41-42-37(43)50-29-18-17-28(45(48)49)20-25(29)21-30-35(47)44-32(23-11-6-4-7-12-23)31(22(2)39-36(44)51-30)34(46)40-27-15-8-5-9-16-27/h4-21,32H,3H2,1-2H3,(H,40,46)/b30-21+/t32-/m0/s1. The summed E-state index contributed by atoms with van der Waals surface area (Å²) in [6.45, 7) is 4.28. The smallest absolute Gasteiger partial charge is 0.271 e. The molecule has 254 valence electrons. The van der Waals surface area contributed by atoms with Gasteiger partial charge in [0.15, 0.2) is 15.8 Å². The summed E-state index contributed by atoms with van der Waals surface area (Å²) < 4.78 is 3.75. The highest BCUT2D eigenvalue weighted by atomic mass is 35.5. The number of aromatic nitrogens is 4. The predicted molar refractivity (Wildman–Crippen MR) is 199 cm³/mol. The summed E-state index contributed by atoms with van der Waals surface area (Å²) in [7, 11) is 0. The molecule has 0 unspecified atom stereocenters. The number of para-hydroxylation sites is 1. The molecule has 6 aromatic rings. The van der Waals surface area contributed by atoms with Gasteiger partial charge in [-0.3, -0.25) is 24.3 Å². The summed E-state index contributed by atoms with van der Waals surface area (Å²) >= 11 is 8.68. The second-order valence-corrected chi connectivity index (χ2v) is 13.9. The van der Waals surface area contributed by atoms with Crippen molar-refractivity contribution in [2.45, 2.75) is 36.5 Å². The van der Waals surface area contributed by atoms with Crippen LogP contribution in [0.2, 0.25) is 5.02 Å². The van der Waals surface area contributed by atoms with Gasteiger partial charge in [0.25, 0.3) is 17.2 Å². The molecule has 4 aromatic carbocycles. The minimum absolute atomic E-state index is 0.132. The van der Waals surface area contributed by atoms with Crippen LogP contribution in [0, 0.1) is 10.1 Å². The number of fused-ring (bicyclic) bond motifs is 1. The molecule has 1 atom stereocenters. The Balaban J connectivity index is 1.34. The van der Waals surface area contributed by atoms with Crippen molar-refractivity contribution < 1.29 is 9.72 Å². The minimum atomic E-state index is -0.764. The minimum Gasteiger partial charge on any atom is -0.322 e. The van der Waals surface area contributed by atoms with Gasteiger partial charge < -0.3 is 9.88 Å². The van der Waals surface area contributed by atoms with Crippen LogP contribution < -0.4 is 20.2 Å². The van der Waals surface area contributed by atoms with Gasteiger partial charge in [-0.15, -0.1) is 10.2 Å². The second kappa shape index (κ2) is 14.3. The van der Waals surface area contributed by atoms with Crippen molar-refractivity contribution >= 4 is 58.1 Å². The van der Waals surface area contributed by atoms with Gasteiger partial charge in [0.1, 0.15) is 0 Å². The number of thiazole rings is 1. The van der Waals surface area contributed by atoms with Crippen molar-refractivity contribution in [2.75, 3.05) is 5.32 Å². The van der Waals surface area contributed by atoms with Crippen LogP contribution in [0.5, 0.6) is 0 Å². The Bertz CT molecular complexity index is 2530. The maximum atomic E-state index is 14.4. The number of carbonyl (C=O) groups excluding carboxylic acids is 1. The van der Waals surface area contributed by atoms with E-state index in [0.717, 1.165) is 22.5 Å². The van der Waals surface area contributed by atoms with E-state index in [-0.39, 0.29) is 17.2 Å². The molecule has 3 heterocycles. The van der Waals surface area contributed by atoms with Gasteiger partial charge >= 0.3 is 0 Å². The van der Waals surface area contributed by atoms with Crippen molar-refractivity contribution in [3.63, 3.8) is 0 Å². The molecular weight excluding hydrogens is 706 g/mol. The fraction of sp³-hybridized carbons (Fsp3) is 0.108. The number of allylic oxidation sites excluding steroid dienone is 1. The summed E-state index contributed by atoms with van der Waals surface area (Å²) in [6, 6.07) is 29.5. The molecule has 2 aromatic heterocycles. The number of nitro groups is 1. The van der Waals surface area contributed by atoms with E-state index in [1.165, 1.54) is 28.5 Å². The lowest BCUT2D eigenvalue weighted by molar-refractivity contribution is -0.384. The Morgan fingerprint density at radius 2 is 1.76 bits per heavy atom. The molecule has 0 saturated heterocycles. The maximum Gasteiger partial charge on any atom is 0.271 e. The normalized spacial score (nSPS) is 14.3. The number of amides is 1. The van der Waals surface area contributed by atoms with Crippen LogP contribution in [-0.2, 0) is 11.3 Å². The number of rotatable bonds is 9. The van der Waals surface area contributed by atoms with Gasteiger partial charge in [-0.25, -0.2) is 4.99 Å². The predicted octanol–water partition coefficient (Wildman–Crippen LogP) is 6.87. The molecule has 1 aliphatic heterocycles. The molecule has 0 spiro atoms. The monoisotopic (exact) mass is 733 g/mol. The maximum absolute atomic E-state index is 14.4. The number of benzene rings is 4. The third kappa shape index (κ3) is 6.78. The van der Waals surface area contributed by atoms with Crippen LogP contribution in [0.1, 0.15) is 31.0 Å². The zero-order valence-corrected chi connectivity index (χ0v) is 29.6. The van der Waals surface area contributed by atoms with Gasteiger partial charge in [-0.1, -0.05) is 83.6 Å². The number of nitrogens with one attached hydrogen (secondary N) is 1. The average Bonchev–Trinajstić information content (AvgIpc) is 3.68. The Kier molecular flexibility index (Phi) is 9.50. The molecule has 11 nitrogen and oxygen atoms in total. The van der Waals surface area contributed by atoms with Gasteiger partial charge in [0.2, 0.25) is 0 Å². The van der Waals surface area contributed by atoms with Gasteiger partial charge in [-0.2, -0.15) is 0 Å². The van der Waals surface area contributed by atoms with E-state index in [1.54, 1.807) is 37.3 Å². The molecular formula is C37H28ClN7O4S2. The first-order valence-electron chi connectivity index (χ1n) is 15.8. The van der Waals surface area contributed by atoms with E-state index in [0.29, 0.717) is 59.3 Å². The Morgan fingerprint density at radius 1 is 1.02 bits per heavy atom. The molecule has 51 heavy (non-hydrogen) atoms. The molecule has 14 heteroatoms. The molecule has 7 rings (SSSR count). The lowest BCUT2D eigenvalue weighted by Gasteiger charge is -2.25. The first kappa shape index (κ1) is 33.8. The van der Waals surface area contributed by atoms with Crippen LogP contribution in [0.15, 0.2) is 134 Å². The number of anilines is 1. The third-order valence-corrected chi connectivity index (χ3v) is 10.5. The quantitative estimate of drug-likeness (QED) is 0.127. The van der Waals surface area contributed by atoms with E-state index in [1.807, 2.05) is 78.2 Å². The van der Waals surface area contributed by atoms with Crippen LogP contribution >= 0.6 is 34.7 Å². The summed E-state index contributed by atoms with van der Waals surface area (Å²) in [5.41, 5.74) is 2.90. The summed E-state index contributed by atoms with van der Waals surface area (Å²) in [5.74, 6) is 0.253. The van der Waals surface area contributed by atoms with Crippen molar-refractivity contribution in [1.29, 1.82) is 0 Å². The van der Waals surface area contributed by atoms with E-state index in [4.69, 9.17) is 16.6 Å². The number of hydrogen-bond donors (Lipinski definition) is 1. The zero-order valence-electron chi connectivity index (χ0n) is 27.2. The molecule has 1 N–H and O–H groups in total. The fourth-order valence-electron chi connectivity index (χ4n) is 5.87. The average molecular weight is 734 g/mol. The van der Waals surface area contributed by atoms with Gasteiger partial charge in [-0.05, 0) is 73.1 Å². The largest absolute Gasteiger partial charge is 0.322 e. The number of nitro benzene ring substituents is 1. The van der Waals surface area contributed by atoms with Crippen molar-refractivity contribution in [3.8, 4) is 11.4 Å². The molecule has 0 radical (unpaired) electrons. The van der Waals surface area contributed by atoms with Crippen molar-refractivity contribution in [1.82, 2.24) is 19.3 Å². The summed E-state index contributed by atoms with van der Waals surface area (Å²) in [6.07, 6.45) is 1.63. The third-order valence-electron chi connectivity index (χ3n) is 8.22. The van der Waals surface area contributed by atoms with Crippen molar-refractivity contribution in [3.05, 3.63) is 160 Å². The molecule has 0 fully saturated rings. The number of nitrogens with zero attached hydrogens (tertiary/aromatic N) is 6. The number of carbonyl (C=O) groups is 1. The first-order chi connectivity index (χ1) is 24.7.